The fourth-order valence-corrected chi connectivity index (χ4v) is 4.65. The van der Waals surface area contributed by atoms with Crippen molar-refractivity contribution in [3.05, 3.63) is 47.1 Å². The van der Waals surface area contributed by atoms with Crippen LogP contribution < -0.4 is 9.47 Å². The molecule has 0 amide bonds. The number of hydrogen-bond donors (Lipinski definition) is 0. The van der Waals surface area contributed by atoms with E-state index in [1.165, 1.54) is 23.1 Å². The van der Waals surface area contributed by atoms with Gasteiger partial charge in [0.2, 0.25) is 6.79 Å². The first-order valence-corrected chi connectivity index (χ1v) is 8.41. The van der Waals surface area contributed by atoms with E-state index in [1.807, 2.05) is 0 Å². The van der Waals surface area contributed by atoms with Gasteiger partial charge in [0, 0.05) is 20.1 Å². The molecule has 0 aromatic heterocycles. The number of aryl methyl sites for hydroxylation is 1. The lowest BCUT2D eigenvalue weighted by Gasteiger charge is -2.44. The van der Waals surface area contributed by atoms with Crippen LogP contribution in [0, 0.1) is 0 Å². The lowest BCUT2D eigenvalue weighted by atomic mass is 9.74. The minimum absolute atomic E-state index is 0.0672. The third-order valence-corrected chi connectivity index (χ3v) is 5.76. The molecule has 1 aromatic carbocycles. The summed E-state index contributed by atoms with van der Waals surface area (Å²) in [4.78, 5) is 2.62. The van der Waals surface area contributed by atoms with Gasteiger partial charge in [-0.15, -0.1) is 0 Å². The summed E-state index contributed by atoms with van der Waals surface area (Å²) in [6, 6.07) is 4.42. The highest BCUT2D eigenvalue weighted by atomic mass is 16.7. The Bertz CT molecular complexity index is 724. The topological polar surface area (TPSA) is 30.9 Å². The van der Waals surface area contributed by atoms with Crippen LogP contribution in [0.2, 0.25) is 0 Å². The molecule has 0 fully saturated rings. The van der Waals surface area contributed by atoms with Crippen LogP contribution in [0.1, 0.15) is 24.0 Å². The highest BCUT2D eigenvalue weighted by Gasteiger charge is 2.49. The molecule has 0 saturated heterocycles. The van der Waals surface area contributed by atoms with Gasteiger partial charge in [-0.1, -0.05) is 18.2 Å². The number of nitrogens with zero attached hydrogens (tertiary/aromatic N) is 1. The third-order valence-electron chi connectivity index (χ3n) is 5.76. The molecule has 1 aliphatic carbocycles. The zero-order valence-electron chi connectivity index (χ0n) is 13.4. The van der Waals surface area contributed by atoms with E-state index >= 15 is 0 Å². The quantitative estimate of drug-likeness (QED) is 0.798. The fourth-order valence-electron chi connectivity index (χ4n) is 4.65. The highest BCUT2D eigenvalue weighted by Crippen LogP contribution is 2.52. The number of hydrogen-bond acceptors (Lipinski definition) is 4. The van der Waals surface area contributed by atoms with Crippen molar-refractivity contribution in [2.45, 2.75) is 30.9 Å². The Morgan fingerprint density at radius 3 is 3.00 bits per heavy atom. The van der Waals surface area contributed by atoms with Gasteiger partial charge in [-0.3, -0.25) is 4.90 Å². The molecule has 1 aromatic rings. The Balaban J connectivity index is 1.73. The van der Waals surface area contributed by atoms with E-state index in [-0.39, 0.29) is 11.6 Å². The van der Waals surface area contributed by atoms with Crippen molar-refractivity contribution >= 4 is 0 Å². The molecule has 1 spiro atoms. The summed E-state index contributed by atoms with van der Waals surface area (Å²) >= 11 is 0. The van der Waals surface area contributed by atoms with Crippen LogP contribution in [0.4, 0.5) is 0 Å². The van der Waals surface area contributed by atoms with Gasteiger partial charge >= 0.3 is 0 Å². The zero-order chi connectivity index (χ0) is 15.4. The Kier molecular flexibility index (Phi) is 2.88. The van der Waals surface area contributed by atoms with Crippen molar-refractivity contribution in [3.63, 3.8) is 0 Å². The monoisotopic (exact) mass is 311 g/mol. The Hall–Kier alpha value is -1.78. The van der Waals surface area contributed by atoms with E-state index < -0.39 is 0 Å². The van der Waals surface area contributed by atoms with Gasteiger partial charge in [-0.25, -0.2) is 0 Å². The van der Waals surface area contributed by atoms with Gasteiger partial charge < -0.3 is 14.2 Å². The largest absolute Gasteiger partial charge is 0.454 e. The molecule has 0 N–H and O–H groups in total. The molecule has 3 heterocycles. The van der Waals surface area contributed by atoms with Crippen molar-refractivity contribution in [1.29, 1.82) is 0 Å². The third kappa shape index (κ3) is 1.79. The van der Waals surface area contributed by atoms with E-state index in [4.69, 9.17) is 14.2 Å². The molecule has 120 valence electrons. The van der Waals surface area contributed by atoms with E-state index in [1.54, 1.807) is 7.11 Å². The molecule has 2 atom stereocenters. The summed E-state index contributed by atoms with van der Waals surface area (Å²) in [5.41, 5.74) is 4.12. The first-order valence-electron chi connectivity index (χ1n) is 8.41. The average Bonchev–Trinajstić information content (AvgIpc) is 3.15. The smallest absolute Gasteiger partial charge is 0.231 e. The molecule has 4 aliphatic rings. The van der Waals surface area contributed by atoms with Gasteiger partial charge in [0.1, 0.15) is 0 Å². The second-order valence-corrected chi connectivity index (χ2v) is 6.77. The Morgan fingerprint density at radius 1 is 1.26 bits per heavy atom. The Labute approximate surface area is 136 Å². The molecular formula is C19H21NO3. The molecule has 2 unspecified atom stereocenters. The maximum Gasteiger partial charge on any atom is 0.231 e. The van der Waals surface area contributed by atoms with E-state index in [0.29, 0.717) is 6.79 Å². The molecule has 0 bridgehead atoms. The van der Waals surface area contributed by atoms with Gasteiger partial charge in [-0.2, -0.15) is 0 Å². The van der Waals surface area contributed by atoms with Crippen molar-refractivity contribution in [3.8, 4) is 11.5 Å². The second kappa shape index (κ2) is 4.86. The van der Waals surface area contributed by atoms with Gasteiger partial charge in [0.05, 0.1) is 11.6 Å². The van der Waals surface area contributed by atoms with Crippen LogP contribution in [0.5, 0.6) is 11.5 Å². The van der Waals surface area contributed by atoms with E-state index in [2.05, 4.69) is 35.3 Å². The lowest BCUT2D eigenvalue weighted by Crippen LogP contribution is -2.47. The molecule has 0 saturated carbocycles. The molecular weight excluding hydrogens is 290 g/mol. The molecule has 23 heavy (non-hydrogen) atoms. The highest BCUT2D eigenvalue weighted by molar-refractivity contribution is 5.57. The first-order chi connectivity index (χ1) is 11.3. The van der Waals surface area contributed by atoms with Crippen LogP contribution >= 0.6 is 0 Å². The standard InChI is InChI=1S/C19H21NO3/c1-21-15-5-4-14-6-8-20-7-2-3-13-9-17-18(23-12-22-17)10-16(13)19(14,20)11-15/h4-6,9-10,15H,2-3,7-8,11-12H2,1H3. The number of rotatable bonds is 1. The lowest BCUT2D eigenvalue weighted by molar-refractivity contribution is 0.0587. The molecule has 4 heteroatoms. The van der Waals surface area contributed by atoms with Crippen molar-refractivity contribution in [2.24, 2.45) is 0 Å². The summed E-state index contributed by atoms with van der Waals surface area (Å²) < 4.78 is 17.0. The van der Waals surface area contributed by atoms with E-state index in [9.17, 15) is 0 Å². The summed E-state index contributed by atoms with van der Waals surface area (Å²) in [5.74, 6) is 1.78. The zero-order valence-corrected chi connectivity index (χ0v) is 13.4. The molecule has 3 aliphatic heterocycles. The average molecular weight is 311 g/mol. The van der Waals surface area contributed by atoms with Crippen LogP contribution in [0.25, 0.3) is 0 Å². The minimum atomic E-state index is -0.0672. The van der Waals surface area contributed by atoms with Crippen molar-refractivity contribution in [1.82, 2.24) is 4.90 Å². The SMILES string of the molecule is COC1C=CC2=CCN3CCCc4cc5c(cc4C23C1)OCO5. The minimum Gasteiger partial charge on any atom is -0.454 e. The van der Waals surface area contributed by atoms with Gasteiger partial charge in [-0.05, 0) is 48.2 Å². The fraction of sp³-hybridized carbons (Fsp3) is 0.474. The summed E-state index contributed by atoms with van der Waals surface area (Å²) in [7, 11) is 1.80. The molecule has 4 nitrogen and oxygen atoms in total. The maximum absolute atomic E-state index is 5.69. The predicted molar refractivity (Wildman–Crippen MR) is 86.8 cm³/mol. The normalized spacial score (nSPS) is 31.2. The maximum atomic E-state index is 5.69. The predicted octanol–water partition coefficient (Wildman–Crippen LogP) is 2.77. The van der Waals surface area contributed by atoms with Crippen molar-refractivity contribution < 1.29 is 14.2 Å². The summed E-state index contributed by atoms with van der Waals surface area (Å²) in [6.45, 7) is 2.47. The van der Waals surface area contributed by atoms with Gasteiger partial charge in [0.15, 0.2) is 11.5 Å². The van der Waals surface area contributed by atoms with Crippen LogP contribution in [0.3, 0.4) is 0 Å². The van der Waals surface area contributed by atoms with Gasteiger partial charge in [0.25, 0.3) is 0 Å². The van der Waals surface area contributed by atoms with E-state index in [0.717, 1.165) is 37.4 Å². The molecule has 0 radical (unpaired) electrons. The number of benzene rings is 1. The number of methoxy groups -OCH3 is 1. The van der Waals surface area contributed by atoms with Crippen LogP contribution in [-0.2, 0) is 16.7 Å². The Morgan fingerprint density at radius 2 is 2.13 bits per heavy atom. The van der Waals surface area contributed by atoms with Crippen LogP contribution in [0.15, 0.2) is 35.9 Å². The molecule has 5 rings (SSSR count). The first kappa shape index (κ1) is 13.6. The van der Waals surface area contributed by atoms with Crippen LogP contribution in [-0.4, -0.2) is 38.0 Å². The summed E-state index contributed by atoms with van der Waals surface area (Å²) in [5, 5.41) is 0. The second-order valence-electron chi connectivity index (χ2n) is 6.77. The summed E-state index contributed by atoms with van der Waals surface area (Å²) in [6.07, 6.45) is 10.2. The number of ether oxygens (including phenoxy) is 3. The van der Waals surface area contributed by atoms with Crippen molar-refractivity contribution in [2.75, 3.05) is 27.0 Å². The number of fused-ring (bicyclic) bond motifs is 2.